The van der Waals surface area contributed by atoms with E-state index in [0.717, 1.165) is 21.2 Å². The summed E-state index contributed by atoms with van der Waals surface area (Å²) < 4.78 is 35.1. The molecule has 22 heavy (non-hydrogen) atoms. The van der Waals surface area contributed by atoms with E-state index in [0.29, 0.717) is 11.1 Å². The Morgan fingerprint density at radius 3 is 1.73 bits per heavy atom. The second-order valence-corrected chi connectivity index (χ2v) is 6.63. The first-order valence-corrected chi connectivity index (χ1v) is 7.83. The van der Waals surface area contributed by atoms with Gasteiger partial charge in [-0.2, -0.15) is 8.78 Å². The summed E-state index contributed by atoms with van der Waals surface area (Å²) in [5, 5.41) is 0. The van der Waals surface area contributed by atoms with E-state index in [1.165, 1.54) is 0 Å². The van der Waals surface area contributed by atoms with E-state index in [1.807, 2.05) is 20.8 Å². The Hall–Kier alpha value is -1.42. The van der Waals surface area contributed by atoms with Gasteiger partial charge in [0, 0.05) is 4.47 Å². The molecule has 2 rings (SSSR count). The third kappa shape index (κ3) is 3.32. The SMILES string of the molecule is Cc1cc(OC(F)(F)c2c(C)cc(Br)cc2C)cc(C)c1C. The van der Waals surface area contributed by atoms with Gasteiger partial charge in [-0.3, -0.25) is 0 Å². The molecule has 0 saturated heterocycles. The largest absolute Gasteiger partial charge is 0.429 e. The first-order chi connectivity index (χ1) is 10.1. The molecule has 0 aromatic heterocycles. The van der Waals surface area contributed by atoms with E-state index in [2.05, 4.69) is 15.9 Å². The quantitative estimate of drug-likeness (QED) is 0.633. The highest BCUT2D eigenvalue weighted by molar-refractivity contribution is 9.10. The van der Waals surface area contributed by atoms with Crippen LogP contribution in [0, 0.1) is 34.6 Å². The van der Waals surface area contributed by atoms with Crippen LogP contribution < -0.4 is 4.74 Å². The predicted molar refractivity (Wildman–Crippen MR) is 88.8 cm³/mol. The monoisotopic (exact) mass is 368 g/mol. The van der Waals surface area contributed by atoms with Crippen LogP contribution in [0.5, 0.6) is 5.75 Å². The maximum Gasteiger partial charge on any atom is 0.427 e. The van der Waals surface area contributed by atoms with Crippen molar-refractivity contribution in [2.24, 2.45) is 0 Å². The van der Waals surface area contributed by atoms with Crippen molar-refractivity contribution < 1.29 is 13.5 Å². The van der Waals surface area contributed by atoms with Gasteiger partial charge in [-0.1, -0.05) is 15.9 Å². The first kappa shape index (κ1) is 16.9. The normalized spacial score (nSPS) is 11.6. The van der Waals surface area contributed by atoms with Gasteiger partial charge in [0.1, 0.15) is 5.75 Å². The zero-order valence-corrected chi connectivity index (χ0v) is 14.9. The maximum atomic E-state index is 14.6. The fourth-order valence-corrected chi connectivity index (χ4v) is 3.31. The van der Waals surface area contributed by atoms with Gasteiger partial charge in [-0.15, -0.1) is 0 Å². The summed E-state index contributed by atoms with van der Waals surface area (Å²) in [4.78, 5) is 0. The summed E-state index contributed by atoms with van der Waals surface area (Å²) in [7, 11) is 0. The molecule has 0 atom stereocenters. The topological polar surface area (TPSA) is 9.23 Å². The molecule has 0 saturated carbocycles. The first-order valence-electron chi connectivity index (χ1n) is 7.03. The third-order valence-corrected chi connectivity index (χ3v) is 4.39. The van der Waals surface area contributed by atoms with Crippen molar-refractivity contribution in [3.05, 3.63) is 62.1 Å². The van der Waals surface area contributed by atoms with Gasteiger partial charge in [0.25, 0.3) is 0 Å². The Balaban J connectivity index is 2.44. The van der Waals surface area contributed by atoms with Gasteiger partial charge in [-0.25, -0.2) is 0 Å². The van der Waals surface area contributed by atoms with Gasteiger partial charge >= 0.3 is 6.11 Å². The Morgan fingerprint density at radius 1 is 0.818 bits per heavy atom. The van der Waals surface area contributed by atoms with Crippen LogP contribution in [0.4, 0.5) is 8.78 Å². The average molecular weight is 369 g/mol. The van der Waals surface area contributed by atoms with Crippen molar-refractivity contribution in [3.63, 3.8) is 0 Å². The van der Waals surface area contributed by atoms with Crippen LogP contribution in [0.2, 0.25) is 0 Å². The van der Waals surface area contributed by atoms with Crippen molar-refractivity contribution in [1.82, 2.24) is 0 Å². The van der Waals surface area contributed by atoms with Crippen LogP contribution in [-0.4, -0.2) is 0 Å². The van der Waals surface area contributed by atoms with Crippen LogP contribution >= 0.6 is 15.9 Å². The molecule has 0 fully saturated rings. The Morgan fingerprint density at radius 2 is 1.27 bits per heavy atom. The lowest BCUT2D eigenvalue weighted by Gasteiger charge is -2.23. The summed E-state index contributed by atoms with van der Waals surface area (Å²) in [6.07, 6.45) is -3.37. The number of alkyl halides is 2. The molecule has 0 N–H and O–H groups in total. The smallest absolute Gasteiger partial charge is 0.427 e. The number of aryl methyl sites for hydroxylation is 4. The maximum absolute atomic E-state index is 14.6. The zero-order chi connectivity index (χ0) is 16.7. The summed E-state index contributed by atoms with van der Waals surface area (Å²) in [5.74, 6) is 0.187. The minimum absolute atomic E-state index is 0.0772. The standard InChI is InChI=1S/C18H19BrF2O/c1-10-8-16(9-11(2)14(10)5)22-18(20,21)17-12(3)6-15(19)7-13(17)4/h6-9H,1-5H3. The van der Waals surface area contributed by atoms with Crippen molar-refractivity contribution in [2.45, 2.75) is 40.7 Å². The molecule has 118 valence electrons. The lowest BCUT2D eigenvalue weighted by atomic mass is 10.0. The second kappa shape index (κ2) is 5.99. The van der Waals surface area contributed by atoms with Crippen molar-refractivity contribution in [3.8, 4) is 5.75 Å². The minimum atomic E-state index is -3.37. The molecule has 0 radical (unpaired) electrons. The van der Waals surface area contributed by atoms with Crippen molar-refractivity contribution in [1.29, 1.82) is 0 Å². The number of hydrogen-bond acceptors (Lipinski definition) is 1. The molecule has 0 aliphatic rings. The molecule has 0 aliphatic heterocycles. The van der Waals surface area contributed by atoms with Gasteiger partial charge in [0.05, 0.1) is 5.56 Å². The molecule has 4 heteroatoms. The van der Waals surface area contributed by atoms with Gasteiger partial charge in [0.2, 0.25) is 0 Å². The lowest BCUT2D eigenvalue weighted by molar-refractivity contribution is -0.186. The third-order valence-electron chi connectivity index (χ3n) is 3.94. The van der Waals surface area contributed by atoms with E-state index in [1.54, 1.807) is 38.1 Å². The van der Waals surface area contributed by atoms with E-state index < -0.39 is 6.11 Å². The Bertz CT molecular complexity index is 677. The minimum Gasteiger partial charge on any atom is -0.429 e. The molecule has 0 spiro atoms. The second-order valence-electron chi connectivity index (χ2n) is 5.72. The van der Waals surface area contributed by atoms with Crippen LogP contribution in [-0.2, 0) is 6.11 Å². The fourth-order valence-electron chi connectivity index (χ4n) is 2.62. The molecule has 0 bridgehead atoms. The van der Waals surface area contributed by atoms with E-state index in [4.69, 9.17) is 4.74 Å². The summed E-state index contributed by atoms with van der Waals surface area (Å²) in [5.41, 5.74) is 3.89. The highest BCUT2D eigenvalue weighted by Crippen LogP contribution is 2.37. The van der Waals surface area contributed by atoms with Crippen molar-refractivity contribution in [2.75, 3.05) is 0 Å². The van der Waals surface area contributed by atoms with Gasteiger partial charge in [0.15, 0.2) is 0 Å². The molecule has 0 amide bonds. The molecule has 0 aliphatic carbocycles. The zero-order valence-electron chi connectivity index (χ0n) is 13.4. The van der Waals surface area contributed by atoms with Crippen molar-refractivity contribution >= 4 is 15.9 Å². The van der Waals surface area contributed by atoms with E-state index in [9.17, 15) is 8.78 Å². The molecule has 2 aromatic carbocycles. The molecule has 0 unspecified atom stereocenters. The Kier molecular flexibility index (Phi) is 4.62. The number of hydrogen-bond donors (Lipinski definition) is 0. The average Bonchev–Trinajstić information content (AvgIpc) is 2.33. The summed E-state index contributed by atoms with van der Waals surface area (Å²) >= 11 is 3.32. The van der Waals surface area contributed by atoms with Gasteiger partial charge < -0.3 is 4.74 Å². The van der Waals surface area contributed by atoms with E-state index in [-0.39, 0.29) is 11.3 Å². The number of benzene rings is 2. The predicted octanol–water partition coefficient (Wildman–Crippen LogP) is 6.12. The van der Waals surface area contributed by atoms with Crippen LogP contribution in [0.1, 0.15) is 33.4 Å². The molecule has 2 aromatic rings. The van der Waals surface area contributed by atoms with E-state index >= 15 is 0 Å². The Labute approximate surface area is 138 Å². The van der Waals surface area contributed by atoms with Gasteiger partial charge in [-0.05, 0) is 86.7 Å². The number of ether oxygens (including phenoxy) is 1. The molecular weight excluding hydrogens is 350 g/mol. The van der Waals surface area contributed by atoms with Crippen LogP contribution in [0.3, 0.4) is 0 Å². The van der Waals surface area contributed by atoms with Crippen LogP contribution in [0.25, 0.3) is 0 Å². The molecule has 0 heterocycles. The fraction of sp³-hybridized carbons (Fsp3) is 0.333. The highest BCUT2D eigenvalue weighted by Gasteiger charge is 2.38. The lowest BCUT2D eigenvalue weighted by Crippen LogP contribution is -2.24. The number of rotatable bonds is 3. The summed E-state index contributed by atoms with van der Waals surface area (Å²) in [6, 6.07) is 6.65. The van der Waals surface area contributed by atoms with Crippen LogP contribution in [0.15, 0.2) is 28.7 Å². The molecular formula is C18H19BrF2O. The summed E-state index contributed by atoms with van der Waals surface area (Å²) in [6.45, 7) is 9.08. The highest BCUT2D eigenvalue weighted by atomic mass is 79.9. The number of halogens is 3. The molecule has 1 nitrogen and oxygen atoms in total.